The van der Waals surface area contributed by atoms with Gasteiger partial charge in [-0.15, -0.1) is 11.6 Å². The van der Waals surface area contributed by atoms with Crippen molar-refractivity contribution in [3.8, 4) is 11.8 Å². The van der Waals surface area contributed by atoms with Gasteiger partial charge in [0.1, 0.15) is 6.29 Å². The predicted octanol–water partition coefficient (Wildman–Crippen LogP) is 1.22. The van der Waals surface area contributed by atoms with Crippen LogP contribution in [0.2, 0.25) is 0 Å². The number of nitrogens with one attached hydrogen (secondary N) is 5. The minimum Gasteiger partial charge on any atom is -0.380 e. The van der Waals surface area contributed by atoms with Gasteiger partial charge in [0.05, 0.1) is 31.3 Å². The van der Waals surface area contributed by atoms with Gasteiger partial charge in [0.2, 0.25) is 5.91 Å². The van der Waals surface area contributed by atoms with Crippen LogP contribution in [0.5, 0.6) is 0 Å². The third-order valence-corrected chi connectivity index (χ3v) is 12.1. The van der Waals surface area contributed by atoms with Crippen molar-refractivity contribution in [3.63, 3.8) is 0 Å². The first kappa shape index (κ1) is 33.9. The fraction of sp³-hybridized carbons (Fsp3) is 0.833. The van der Waals surface area contributed by atoms with Crippen LogP contribution < -0.4 is 26.6 Å². The van der Waals surface area contributed by atoms with Gasteiger partial charge in [0.15, 0.2) is 0 Å². The lowest BCUT2D eigenvalue weighted by atomic mass is 9.79. The summed E-state index contributed by atoms with van der Waals surface area (Å²) < 4.78 is 19.0. The summed E-state index contributed by atoms with van der Waals surface area (Å²) in [5.74, 6) is 6.68. The van der Waals surface area contributed by atoms with Crippen molar-refractivity contribution in [1.29, 1.82) is 0 Å². The molecule has 2 aliphatic carbocycles. The number of rotatable bonds is 9. The smallest absolute Gasteiger partial charge is 0.243 e. The second-order valence-corrected chi connectivity index (χ2v) is 17.0. The highest BCUT2D eigenvalue weighted by atomic mass is 35.5. The second-order valence-electron chi connectivity index (χ2n) is 12.9. The van der Waals surface area contributed by atoms with E-state index in [1.165, 1.54) is 6.08 Å². The lowest BCUT2D eigenvalue weighted by molar-refractivity contribution is -0.118. The zero-order chi connectivity index (χ0) is 30.3. The Hall–Kier alpha value is -0.990. The number of methoxy groups -OCH3 is 1. The number of amides is 1. The third kappa shape index (κ3) is 9.50. The lowest BCUT2D eigenvalue weighted by Gasteiger charge is -2.45. The molecule has 0 radical (unpaired) electrons. The Morgan fingerprint density at radius 1 is 1.12 bits per heavy atom. The molecule has 2 saturated heterocycles. The van der Waals surface area contributed by atoms with Gasteiger partial charge in [-0.25, -0.2) is 0 Å². The molecule has 42 heavy (non-hydrogen) atoms. The molecule has 10 nitrogen and oxygen atoms in total. The Bertz CT molecular complexity index is 1010. The highest BCUT2D eigenvalue weighted by molar-refractivity contribution is 7.63. The van der Waals surface area contributed by atoms with E-state index in [9.17, 15) is 9.36 Å². The van der Waals surface area contributed by atoms with Crippen molar-refractivity contribution in [2.45, 2.75) is 86.2 Å². The molecule has 0 aromatic carbocycles. The second kappa shape index (κ2) is 15.8. The van der Waals surface area contributed by atoms with Gasteiger partial charge >= 0.3 is 0 Å². The molecule has 2 heterocycles. The third-order valence-electron chi connectivity index (χ3n) is 9.46. The molecular weight excluding hydrogens is 573 g/mol. The van der Waals surface area contributed by atoms with Crippen LogP contribution >= 0.6 is 18.7 Å². The van der Waals surface area contributed by atoms with Gasteiger partial charge in [0, 0.05) is 69.5 Å². The SMILES string of the molecule is C=CC(=O)NC1CC(NC2NCC(Cl)C(NC3CCCCC3P(C)(C)=O)N2)C(OC)CC1C#CCN1CCN(C)CC1. The number of carbonyl (C=O) groups is 1. The summed E-state index contributed by atoms with van der Waals surface area (Å²) in [4.78, 5) is 17.1. The lowest BCUT2D eigenvalue weighted by Crippen LogP contribution is -2.72. The summed E-state index contributed by atoms with van der Waals surface area (Å²) in [6, 6.07) is 0.0401. The van der Waals surface area contributed by atoms with E-state index in [1.54, 1.807) is 7.11 Å². The largest absolute Gasteiger partial charge is 0.380 e. The van der Waals surface area contributed by atoms with Crippen LogP contribution in [0.25, 0.3) is 0 Å². The number of alkyl halides is 1. The fourth-order valence-electron chi connectivity index (χ4n) is 6.90. The molecule has 0 spiro atoms. The molecule has 4 rings (SSSR count). The number of piperazine rings is 1. The standard InChI is InChI=1S/C30H53ClN7O3P/c1-6-28(39)33-24-19-25(26(41-3)18-21(24)10-9-13-38-16-14-37(2)15-17-38)35-30-32-20-22(31)29(36-30)34-23-11-7-8-12-27(23)42(4,5)40/h6,21-27,29-30,32,34-36H,1,7-8,11-20H2,2-5H3,(H,33,39). The number of ether oxygens (including phenoxy) is 1. The zero-order valence-electron chi connectivity index (χ0n) is 25.9. The number of nitrogens with zero attached hydrogens (tertiary/aromatic N) is 2. The molecular formula is C30H53ClN7O3P. The summed E-state index contributed by atoms with van der Waals surface area (Å²) in [6.07, 6.45) is 6.60. The average molecular weight is 626 g/mol. The van der Waals surface area contributed by atoms with E-state index in [4.69, 9.17) is 16.3 Å². The van der Waals surface area contributed by atoms with Gasteiger partial charge in [-0.2, -0.15) is 0 Å². The first-order valence-corrected chi connectivity index (χ1v) is 18.7. The number of halogens is 1. The maximum absolute atomic E-state index is 13.0. The van der Waals surface area contributed by atoms with Crippen LogP contribution in [0.15, 0.2) is 12.7 Å². The Morgan fingerprint density at radius 3 is 2.55 bits per heavy atom. The average Bonchev–Trinajstić information content (AvgIpc) is 2.96. The maximum atomic E-state index is 13.0. The molecule has 238 valence electrons. The number of likely N-dealkylation sites (N-methyl/N-ethyl adjacent to an activating group) is 1. The minimum atomic E-state index is -2.23. The molecule has 1 amide bonds. The first-order chi connectivity index (χ1) is 20.1. The van der Waals surface area contributed by atoms with Crippen molar-refractivity contribution >= 4 is 24.7 Å². The summed E-state index contributed by atoms with van der Waals surface area (Å²) in [6.45, 7) is 13.0. The van der Waals surface area contributed by atoms with E-state index in [1.807, 2.05) is 13.3 Å². The van der Waals surface area contributed by atoms with Crippen molar-refractivity contribution in [3.05, 3.63) is 12.7 Å². The monoisotopic (exact) mass is 625 g/mol. The van der Waals surface area contributed by atoms with Crippen LogP contribution in [0.1, 0.15) is 38.5 Å². The molecule has 2 saturated carbocycles. The minimum absolute atomic E-state index is 0.0136. The van der Waals surface area contributed by atoms with Gasteiger partial charge < -0.3 is 19.5 Å². The van der Waals surface area contributed by atoms with Crippen LogP contribution in [-0.2, 0) is 14.1 Å². The first-order valence-electron chi connectivity index (χ1n) is 15.6. The topological polar surface area (TPSA) is 110 Å². The van der Waals surface area contributed by atoms with Crippen LogP contribution in [0, 0.1) is 17.8 Å². The van der Waals surface area contributed by atoms with E-state index in [0.29, 0.717) is 19.4 Å². The van der Waals surface area contributed by atoms with Crippen LogP contribution in [-0.4, -0.2) is 130 Å². The molecule has 0 aromatic rings. The van der Waals surface area contributed by atoms with Crippen molar-refractivity contribution in [2.75, 3.05) is 66.8 Å². The van der Waals surface area contributed by atoms with Gasteiger partial charge in [-0.3, -0.25) is 31.0 Å². The fourth-order valence-corrected chi connectivity index (χ4v) is 9.05. The van der Waals surface area contributed by atoms with Gasteiger partial charge in [-0.1, -0.05) is 31.3 Å². The van der Waals surface area contributed by atoms with Gasteiger partial charge in [0.25, 0.3) is 0 Å². The quantitative estimate of drug-likeness (QED) is 0.112. The summed E-state index contributed by atoms with van der Waals surface area (Å²) in [5.41, 5.74) is 0.179. The molecule has 0 aromatic heterocycles. The van der Waals surface area contributed by atoms with Crippen molar-refractivity contribution in [1.82, 2.24) is 36.4 Å². The molecule has 2 aliphatic heterocycles. The van der Waals surface area contributed by atoms with E-state index in [-0.39, 0.29) is 59.5 Å². The van der Waals surface area contributed by atoms with Crippen molar-refractivity contribution in [2.24, 2.45) is 5.92 Å². The van der Waals surface area contributed by atoms with Crippen LogP contribution in [0.3, 0.4) is 0 Å². The molecule has 9 unspecified atom stereocenters. The molecule has 5 N–H and O–H groups in total. The Labute approximate surface area is 258 Å². The van der Waals surface area contributed by atoms with Crippen LogP contribution in [0.4, 0.5) is 0 Å². The normalized spacial score (nSPS) is 36.9. The number of hydrogen-bond acceptors (Lipinski definition) is 9. The summed E-state index contributed by atoms with van der Waals surface area (Å²) in [7, 11) is 1.67. The summed E-state index contributed by atoms with van der Waals surface area (Å²) >= 11 is 6.77. The highest BCUT2D eigenvalue weighted by Gasteiger charge is 2.41. The number of hydrogen-bond donors (Lipinski definition) is 5. The van der Waals surface area contributed by atoms with E-state index in [0.717, 1.165) is 58.4 Å². The summed E-state index contributed by atoms with van der Waals surface area (Å²) in [5, 5.41) is 17.5. The Balaban J connectivity index is 1.39. The van der Waals surface area contributed by atoms with E-state index in [2.05, 4.69) is 61.9 Å². The van der Waals surface area contributed by atoms with E-state index < -0.39 is 7.14 Å². The molecule has 4 fully saturated rings. The highest BCUT2D eigenvalue weighted by Crippen LogP contribution is 2.49. The predicted molar refractivity (Wildman–Crippen MR) is 171 cm³/mol. The molecule has 0 bridgehead atoms. The van der Waals surface area contributed by atoms with E-state index >= 15 is 0 Å². The Kier molecular flexibility index (Phi) is 12.8. The maximum Gasteiger partial charge on any atom is 0.243 e. The molecule has 12 heteroatoms. The zero-order valence-corrected chi connectivity index (χ0v) is 27.6. The Morgan fingerprint density at radius 2 is 1.86 bits per heavy atom. The number of carbonyl (C=O) groups excluding carboxylic acids is 1. The van der Waals surface area contributed by atoms with Gasteiger partial charge in [-0.05, 0) is 52.1 Å². The molecule has 4 aliphatic rings. The van der Waals surface area contributed by atoms with Crippen molar-refractivity contribution < 1.29 is 14.1 Å². The molecule has 9 atom stereocenters.